The zero-order chi connectivity index (χ0) is 10.8. The number of thioether (sulfide) groups is 1. The molecule has 0 radical (unpaired) electrons. The number of carboxylic acids is 1. The van der Waals surface area contributed by atoms with Gasteiger partial charge in [-0.2, -0.15) is 11.8 Å². The number of hydrogen-bond donors (Lipinski definition) is 2. The average Bonchev–Trinajstić information content (AvgIpc) is 2.53. The molecule has 0 aliphatic carbocycles. The fourth-order valence-electron chi connectivity index (χ4n) is 1.27. The van der Waals surface area contributed by atoms with Gasteiger partial charge in [-0.15, -0.1) is 0 Å². The Balaban J connectivity index is 2.70. The lowest BCUT2D eigenvalue weighted by molar-refractivity contribution is -0.146. The number of amides is 1. The van der Waals surface area contributed by atoms with E-state index in [4.69, 9.17) is 5.11 Å². The fraction of sp³-hybridized carbons (Fsp3) is 0.778. The van der Waals surface area contributed by atoms with Crippen molar-refractivity contribution in [1.82, 2.24) is 5.32 Å². The number of carbonyl (C=O) groups is 2. The van der Waals surface area contributed by atoms with Crippen LogP contribution in [0.15, 0.2) is 0 Å². The zero-order valence-electron chi connectivity index (χ0n) is 8.37. The molecule has 1 heterocycles. The average molecular weight is 217 g/mol. The van der Waals surface area contributed by atoms with E-state index in [1.54, 1.807) is 25.6 Å². The summed E-state index contributed by atoms with van der Waals surface area (Å²) in [5.41, 5.74) is -1.02. The molecule has 2 N–H and O–H groups in total. The van der Waals surface area contributed by atoms with Gasteiger partial charge in [-0.1, -0.05) is 13.8 Å². The summed E-state index contributed by atoms with van der Waals surface area (Å²) >= 11 is 1.57. The van der Waals surface area contributed by atoms with E-state index in [0.29, 0.717) is 12.2 Å². The Morgan fingerprint density at radius 2 is 2.14 bits per heavy atom. The number of hydrogen-bond acceptors (Lipinski definition) is 3. The number of aliphatic carboxylic acids is 1. The molecule has 1 saturated heterocycles. The highest BCUT2D eigenvalue weighted by Crippen LogP contribution is 2.28. The normalized spacial score (nSPS) is 26.5. The Labute approximate surface area is 87.4 Å². The van der Waals surface area contributed by atoms with Gasteiger partial charge in [-0.3, -0.25) is 4.79 Å². The summed E-state index contributed by atoms with van der Waals surface area (Å²) in [6.07, 6.45) is 0.519. The van der Waals surface area contributed by atoms with Gasteiger partial charge in [0.1, 0.15) is 5.54 Å². The molecular formula is C9H15NO3S. The van der Waals surface area contributed by atoms with Gasteiger partial charge in [0, 0.05) is 11.7 Å². The lowest BCUT2D eigenvalue weighted by Crippen LogP contribution is -2.55. The summed E-state index contributed by atoms with van der Waals surface area (Å²) in [6, 6.07) is 0. The largest absolute Gasteiger partial charge is 0.479 e. The SMILES string of the molecule is CC(C)C(=O)N[C@]1(C(=O)O)CCSC1. The van der Waals surface area contributed by atoms with Gasteiger partial charge in [0.2, 0.25) is 5.91 Å². The van der Waals surface area contributed by atoms with Crippen molar-refractivity contribution in [1.29, 1.82) is 0 Å². The molecule has 1 aliphatic rings. The third kappa shape index (κ3) is 2.20. The molecule has 0 aromatic heterocycles. The van der Waals surface area contributed by atoms with Gasteiger partial charge >= 0.3 is 5.97 Å². The zero-order valence-corrected chi connectivity index (χ0v) is 9.19. The Kier molecular flexibility index (Phi) is 3.42. The van der Waals surface area contributed by atoms with Crippen molar-refractivity contribution in [2.75, 3.05) is 11.5 Å². The van der Waals surface area contributed by atoms with Crippen molar-refractivity contribution in [3.8, 4) is 0 Å². The third-order valence-corrected chi connectivity index (χ3v) is 3.51. The van der Waals surface area contributed by atoms with Gasteiger partial charge in [-0.05, 0) is 12.2 Å². The van der Waals surface area contributed by atoms with E-state index in [-0.39, 0.29) is 11.8 Å². The molecule has 14 heavy (non-hydrogen) atoms. The first kappa shape index (κ1) is 11.4. The Hall–Kier alpha value is -0.710. The van der Waals surface area contributed by atoms with Crippen LogP contribution in [0.25, 0.3) is 0 Å². The predicted octanol–water partition coefficient (Wildman–Crippen LogP) is 0.719. The van der Waals surface area contributed by atoms with Crippen LogP contribution in [-0.4, -0.2) is 34.0 Å². The number of carbonyl (C=O) groups excluding carboxylic acids is 1. The van der Waals surface area contributed by atoms with E-state index in [1.807, 2.05) is 0 Å². The molecule has 1 fully saturated rings. The molecule has 0 saturated carbocycles. The third-order valence-electron chi connectivity index (χ3n) is 2.32. The second-order valence-electron chi connectivity index (χ2n) is 3.83. The smallest absolute Gasteiger partial charge is 0.330 e. The Bertz CT molecular complexity index is 246. The molecular weight excluding hydrogens is 202 g/mol. The van der Waals surface area contributed by atoms with E-state index in [1.165, 1.54) is 0 Å². The van der Waals surface area contributed by atoms with Crippen LogP contribution in [0.2, 0.25) is 0 Å². The first-order valence-electron chi connectivity index (χ1n) is 4.61. The highest BCUT2D eigenvalue weighted by molar-refractivity contribution is 7.99. The van der Waals surface area contributed by atoms with Crippen molar-refractivity contribution in [3.63, 3.8) is 0 Å². The molecule has 5 heteroatoms. The van der Waals surface area contributed by atoms with E-state index in [0.717, 1.165) is 5.75 Å². The van der Waals surface area contributed by atoms with Crippen molar-refractivity contribution in [3.05, 3.63) is 0 Å². The highest BCUT2D eigenvalue weighted by Gasteiger charge is 2.43. The van der Waals surface area contributed by atoms with Crippen LogP contribution in [0.1, 0.15) is 20.3 Å². The van der Waals surface area contributed by atoms with E-state index in [9.17, 15) is 9.59 Å². The quantitative estimate of drug-likeness (QED) is 0.731. The first-order valence-corrected chi connectivity index (χ1v) is 5.76. The van der Waals surface area contributed by atoms with Gasteiger partial charge in [0.15, 0.2) is 0 Å². The monoisotopic (exact) mass is 217 g/mol. The van der Waals surface area contributed by atoms with Crippen LogP contribution in [0.3, 0.4) is 0 Å². The molecule has 0 aromatic rings. The van der Waals surface area contributed by atoms with Crippen LogP contribution in [0, 0.1) is 5.92 Å². The lowest BCUT2D eigenvalue weighted by atomic mass is 9.98. The molecule has 80 valence electrons. The van der Waals surface area contributed by atoms with Gasteiger partial charge in [0.25, 0.3) is 0 Å². The summed E-state index contributed by atoms with van der Waals surface area (Å²) in [4.78, 5) is 22.5. The summed E-state index contributed by atoms with van der Waals surface area (Å²) in [5, 5.41) is 11.7. The Morgan fingerprint density at radius 1 is 1.50 bits per heavy atom. The predicted molar refractivity (Wildman–Crippen MR) is 55.3 cm³/mol. The molecule has 1 rings (SSSR count). The van der Waals surface area contributed by atoms with Crippen LogP contribution >= 0.6 is 11.8 Å². The Morgan fingerprint density at radius 3 is 2.50 bits per heavy atom. The fourth-order valence-corrected chi connectivity index (χ4v) is 2.59. The number of nitrogens with one attached hydrogen (secondary N) is 1. The molecule has 0 aromatic carbocycles. The summed E-state index contributed by atoms with van der Waals surface area (Å²) in [7, 11) is 0. The molecule has 1 amide bonds. The summed E-state index contributed by atoms with van der Waals surface area (Å²) in [5.74, 6) is -0.00548. The molecule has 4 nitrogen and oxygen atoms in total. The maximum absolute atomic E-state index is 11.4. The topological polar surface area (TPSA) is 66.4 Å². The maximum Gasteiger partial charge on any atom is 0.330 e. The van der Waals surface area contributed by atoms with Crippen LogP contribution in [-0.2, 0) is 9.59 Å². The molecule has 0 unspecified atom stereocenters. The molecule has 0 spiro atoms. The number of rotatable bonds is 3. The van der Waals surface area contributed by atoms with Crippen molar-refractivity contribution >= 4 is 23.6 Å². The minimum atomic E-state index is -1.02. The minimum Gasteiger partial charge on any atom is -0.479 e. The second-order valence-corrected chi connectivity index (χ2v) is 4.94. The lowest BCUT2D eigenvalue weighted by Gasteiger charge is -2.25. The van der Waals surface area contributed by atoms with Crippen molar-refractivity contribution < 1.29 is 14.7 Å². The second kappa shape index (κ2) is 4.21. The first-order chi connectivity index (χ1) is 6.48. The van der Waals surface area contributed by atoms with Crippen LogP contribution in [0.4, 0.5) is 0 Å². The molecule has 1 aliphatic heterocycles. The van der Waals surface area contributed by atoms with Gasteiger partial charge in [0.05, 0.1) is 0 Å². The number of carboxylic acid groups (broad SMARTS) is 1. The maximum atomic E-state index is 11.4. The van der Waals surface area contributed by atoms with E-state index in [2.05, 4.69) is 5.32 Å². The van der Waals surface area contributed by atoms with Gasteiger partial charge < -0.3 is 10.4 Å². The van der Waals surface area contributed by atoms with Crippen molar-refractivity contribution in [2.45, 2.75) is 25.8 Å². The van der Waals surface area contributed by atoms with Crippen LogP contribution < -0.4 is 5.32 Å². The van der Waals surface area contributed by atoms with E-state index >= 15 is 0 Å². The molecule has 1 atom stereocenters. The summed E-state index contributed by atoms with van der Waals surface area (Å²) < 4.78 is 0. The standard InChI is InChI=1S/C9H15NO3S/c1-6(2)7(11)10-9(8(12)13)3-4-14-5-9/h6H,3-5H2,1-2H3,(H,10,11)(H,12,13)/t9-/m1/s1. The van der Waals surface area contributed by atoms with E-state index < -0.39 is 11.5 Å². The van der Waals surface area contributed by atoms with Crippen LogP contribution in [0.5, 0.6) is 0 Å². The van der Waals surface area contributed by atoms with Gasteiger partial charge in [-0.25, -0.2) is 4.79 Å². The minimum absolute atomic E-state index is 0.170. The summed E-state index contributed by atoms with van der Waals surface area (Å²) in [6.45, 7) is 3.51. The molecule has 0 bridgehead atoms. The van der Waals surface area contributed by atoms with Crippen molar-refractivity contribution in [2.24, 2.45) is 5.92 Å². The highest BCUT2D eigenvalue weighted by atomic mass is 32.2.